The van der Waals surface area contributed by atoms with Crippen LogP contribution in [-0.2, 0) is 4.79 Å². The summed E-state index contributed by atoms with van der Waals surface area (Å²) in [7, 11) is 0. The third-order valence-electron chi connectivity index (χ3n) is 2.41. The van der Waals surface area contributed by atoms with Gasteiger partial charge in [0.15, 0.2) is 5.60 Å². The zero-order chi connectivity index (χ0) is 11.2. The average Bonchev–Trinajstić information content (AvgIpc) is 2.11. The van der Waals surface area contributed by atoms with Crippen molar-refractivity contribution in [2.24, 2.45) is 0 Å². The van der Waals surface area contributed by atoms with Gasteiger partial charge in [0, 0.05) is 0 Å². The first kappa shape index (κ1) is 13.4. The Morgan fingerprint density at radius 1 is 1.36 bits per heavy atom. The Hall–Kier alpha value is -0.610. The lowest BCUT2D eigenvalue weighted by molar-refractivity contribution is -0.169. The van der Waals surface area contributed by atoms with E-state index < -0.39 is 17.7 Å². The van der Waals surface area contributed by atoms with E-state index in [9.17, 15) is 15.0 Å². The first-order valence-electron chi connectivity index (χ1n) is 5.06. The summed E-state index contributed by atoms with van der Waals surface area (Å²) < 4.78 is 0. The molecule has 2 unspecified atom stereocenters. The predicted molar refractivity (Wildman–Crippen MR) is 53.0 cm³/mol. The Labute approximate surface area is 84.6 Å². The molecule has 2 atom stereocenters. The third-order valence-corrected chi connectivity index (χ3v) is 2.41. The topological polar surface area (TPSA) is 77.8 Å². The molecule has 3 N–H and O–H groups in total. The van der Waals surface area contributed by atoms with E-state index in [-0.39, 0.29) is 0 Å². The molecule has 0 aliphatic heterocycles. The summed E-state index contributed by atoms with van der Waals surface area (Å²) in [6.07, 6.45) is 3.02. The van der Waals surface area contributed by atoms with Crippen LogP contribution in [0.3, 0.4) is 0 Å². The van der Waals surface area contributed by atoms with Gasteiger partial charge < -0.3 is 15.3 Å². The lowest BCUT2D eigenvalue weighted by Crippen LogP contribution is -2.46. The van der Waals surface area contributed by atoms with E-state index in [1.54, 1.807) is 0 Å². The lowest BCUT2D eigenvalue weighted by Gasteiger charge is -2.24. The fourth-order valence-electron chi connectivity index (χ4n) is 1.19. The highest BCUT2D eigenvalue weighted by atomic mass is 16.4. The van der Waals surface area contributed by atoms with E-state index in [0.717, 1.165) is 32.6 Å². The molecule has 0 amide bonds. The number of hydrogen-bond donors (Lipinski definition) is 3. The molecular weight excluding hydrogens is 184 g/mol. The quantitative estimate of drug-likeness (QED) is 0.544. The maximum Gasteiger partial charge on any atom is 0.338 e. The zero-order valence-electron chi connectivity index (χ0n) is 8.86. The molecule has 0 aromatic rings. The van der Waals surface area contributed by atoms with Crippen LogP contribution in [0.5, 0.6) is 0 Å². The van der Waals surface area contributed by atoms with Crippen LogP contribution in [0.1, 0.15) is 46.0 Å². The van der Waals surface area contributed by atoms with Crippen LogP contribution < -0.4 is 0 Å². The van der Waals surface area contributed by atoms with Gasteiger partial charge in [0.25, 0.3) is 0 Å². The molecular formula is C10H20O4. The van der Waals surface area contributed by atoms with Gasteiger partial charge in [-0.1, -0.05) is 32.6 Å². The molecule has 0 saturated heterocycles. The van der Waals surface area contributed by atoms with Gasteiger partial charge in [0.05, 0.1) is 6.10 Å². The molecule has 14 heavy (non-hydrogen) atoms. The Bertz CT molecular complexity index is 177. The molecule has 4 heteroatoms. The van der Waals surface area contributed by atoms with Crippen LogP contribution in [-0.4, -0.2) is 33.0 Å². The number of unbranched alkanes of at least 4 members (excludes halogenated alkanes) is 3. The maximum atomic E-state index is 10.5. The van der Waals surface area contributed by atoms with Crippen molar-refractivity contribution in [1.29, 1.82) is 0 Å². The van der Waals surface area contributed by atoms with Gasteiger partial charge in [0.2, 0.25) is 0 Å². The van der Waals surface area contributed by atoms with Crippen LogP contribution in [0.4, 0.5) is 0 Å². The lowest BCUT2D eigenvalue weighted by atomic mass is 9.94. The average molecular weight is 204 g/mol. The standard InChI is InChI=1S/C10H20O4/c1-3-4-5-6-7-8(11)10(2,14)9(12)13/h8,11,14H,3-7H2,1-2H3,(H,12,13). The Balaban J connectivity index is 3.83. The number of carboxylic acids is 1. The van der Waals surface area contributed by atoms with E-state index in [0.29, 0.717) is 6.42 Å². The molecule has 0 bridgehead atoms. The smallest absolute Gasteiger partial charge is 0.338 e. The Morgan fingerprint density at radius 3 is 2.36 bits per heavy atom. The molecule has 0 heterocycles. The van der Waals surface area contributed by atoms with Crippen molar-refractivity contribution in [2.45, 2.75) is 57.7 Å². The molecule has 0 aromatic heterocycles. The van der Waals surface area contributed by atoms with Gasteiger partial charge in [-0.3, -0.25) is 0 Å². The normalized spacial score (nSPS) is 17.4. The number of carbonyl (C=O) groups is 1. The minimum atomic E-state index is -2.02. The maximum absolute atomic E-state index is 10.5. The van der Waals surface area contributed by atoms with Crippen LogP contribution >= 0.6 is 0 Å². The van der Waals surface area contributed by atoms with Crippen molar-refractivity contribution in [3.63, 3.8) is 0 Å². The fraction of sp³-hybridized carbons (Fsp3) is 0.900. The summed E-state index contributed by atoms with van der Waals surface area (Å²) in [4.78, 5) is 10.5. The van der Waals surface area contributed by atoms with Crippen LogP contribution in [0.25, 0.3) is 0 Å². The van der Waals surface area contributed by atoms with E-state index in [1.807, 2.05) is 0 Å². The summed E-state index contributed by atoms with van der Waals surface area (Å²) in [5, 5.41) is 27.4. The van der Waals surface area contributed by atoms with E-state index >= 15 is 0 Å². The second kappa shape index (κ2) is 5.98. The van der Waals surface area contributed by atoms with Gasteiger partial charge >= 0.3 is 5.97 Å². The van der Waals surface area contributed by atoms with Gasteiger partial charge in [-0.15, -0.1) is 0 Å². The third kappa shape index (κ3) is 4.07. The van der Waals surface area contributed by atoms with Gasteiger partial charge in [-0.2, -0.15) is 0 Å². The monoisotopic (exact) mass is 204 g/mol. The van der Waals surface area contributed by atoms with E-state index in [2.05, 4.69) is 6.92 Å². The minimum absolute atomic E-state index is 0.333. The highest BCUT2D eigenvalue weighted by Gasteiger charge is 2.37. The van der Waals surface area contributed by atoms with Crippen LogP contribution in [0, 0.1) is 0 Å². The minimum Gasteiger partial charge on any atom is -0.479 e. The molecule has 0 aromatic carbocycles. The van der Waals surface area contributed by atoms with Crippen molar-refractivity contribution in [3.05, 3.63) is 0 Å². The van der Waals surface area contributed by atoms with E-state index in [1.165, 1.54) is 0 Å². The summed E-state index contributed by atoms with van der Waals surface area (Å²) in [5.41, 5.74) is -2.02. The number of aliphatic hydroxyl groups is 2. The Kier molecular flexibility index (Phi) is 5.72. The van der Waals surface area contributed by atoms with Crippen molar-refractivity contribution >= 4 is 5.97 Å². The number of carboxylic acid groups (broad SMARTS) is 1. The predicted octanol–water partition coefficient (Wildman–Crippen LogP) is 1.15. The van der Waals surface area contributed by atoms with Gasteiger partial charge in [-0.25, -0.2) is 4.79 Å². The zero-order valence-corrected chi connectivity index (χ0v) is 8.86. The molecule has 0 aliphatic rings. The first-order chi connectivity index (χ1) is 6.42. The first-order valence-corrected chi connectivity index (χ1v) is 5.06. The van der Waals surface area contributed by atoms with E-state index in [4.69, 9.17) is 5.11 Å². The van der Waals surface area contributed by atoms with Gasteiger partial charge in [0.1, 0.15) is 0 Å². The molecule has 0 spiro atoms. The number of hydrogen-bond acceptors (Lipinski definition) is 3. The van der Waals surface area contributed by atoms with Crippen molar-refractivity contribution in [1.82, 2.24) is 0 Å². The summed E-state index contributed by atoms with van der Waals surface area (Å²) >= 11 is 0. The molecule has 0 aliphatic carbocycles. The van der Waals surface area contributed by atoms with Crippen LogP contribution in [0.15, 0.2) is 0 Å². The molecule has 0 radical (unpaired) electrons. The van der Waals surface area contributed by atoms with Crippen molar-refractivity contribution in [2.75, 3.05) is 0 Å². The molecule has 4 nitrogen and oxygen atoms in total. The second-order valence-electron chi connectivity index (χ2n) is 3.82. The molecule has 84 valence electrons. The van der Waals surface area contributed by atoms with Crippen molar-refractivity contribution in [3.8, 4) is 0 Å². The highest BCUT2D eigenvalue weighted by Crippen LogP contribution is 2.16. The second-order valence-corrected chi connectivity index (χ2v) is 3.82. The number of rotatable bonds is 7. The molecule has 0 fully saturated rings. The SMILES string of the molecule is CCCCCCC(O)C(C)(O)C(=O)O. The largest absolute Gasteiger partial charge is 0.479 e. The van der Waals surface area contributed by atoms with Gasteiger partial charge in [-0.05, 0) is 13.3 Å². The fourth-order valence-corrected chi connectivity index (χ4v) is 1.19. The molecule has 0 saturated carbocycles. The van der Waals surface area contributed by atoms with Crippen LogP contribution in [0.2, 0.25) is 0 Å². The summed E-state index contributed by atoms with van der Waals surface area (Å²) in [6, 6.07) is 0. The van der Waals surface area contributed by atoms with Crippen molar-refractivity contribution < 1.29 is 20.1 Å². The number of aliphatic hydroxyl groups excluding tert-OH is 1. The summed E-state index contributed by atoms with van der Waals surface area (Å²) in [6.45, 7) is 3.20. The number of aliphatic carboxylic acids is 1. The summed E-state index contributed by atoms with van der Waals surface area (Å²) in [5.74, 6) is -1.37. The Morgan fingerprint density at radius 2 is 1.93 bits per heavy atom. The molecule has 0 rings (SSSR count). The highest BCUT2D eigenvalue weighted by molar-refractivity contribution is 5.77.